The Kier molecular flexibility index (Phi) is 5.44. The van der Waals surface area contributed by atoms with Crippen molar-refractivity contribution in [3.63, 3.8) is 0 Å². The second-order valence-corrected chi connectivity index (χ2v) is 1.66. The fraction of sp³-hybridized carbons (Fsp3) is 0.375. The first-order valence-electron chi connectivity index (χ1n) is 3.19. The third-order valence-electron chi connectivity index (χ3n) is 0.957. The topological polar surface area (TPSA) is 21.6 Å². The highest BCUT2D eigenvalue weighted by Crippen LogP contribution is 1.89. The highest BCUT2D eigenvalue weighted by atomic mass is 16.5. The van der Waals surface area contributed by atoms with Crippen LogP contribution >= 0.6 is 0 Å². The third-order valence-corrected chi connectivity index (χ3v) is 0.957. The van der Waals surface area contributed by atoms with E-state index in [9.17, 15) is 0 Å². The maximum Gasteiger partial charge on any atom is 0.132 e. The van der Waals surface area contributed by atoms with Gasteiger partial charge in [0.2, 0.25) is 0 Å². The Morgan fingerprint density at radius 2 is 2.10 bits per heavy atom. The van der Waals surface area contributed by atoms with Crippen molar-refractivity contribution in [3.8, 4) is 0 Å². The van der Waals surface area contributed by atoms with E-state index in [1.54, 1.807) is 19.5 Å². The standard InChI is InChI=1S/C8H13NO/c1-4-6-9-7-8(5-2)10-3/h4-7H,1-3H3/b6-4-,8-5+,9-7-. The second kappa shape index (κ2) is 6.08. The third kappa shape index (κ3) is 3.89. The van der Waals surface area contributed by atoms with Crippen LogP contribution in [0.1, 0.15) is 13.8 Å². The fourth-order valence-electron chi connectivity index (χ4n) is 0.448. The minimum atomic E-state index is 0.776. The Balaban J connectivity index is 3.85. The number of aliphatic imine (C=N–C) groups is 1. The summed E-state index contributed by atoms with van der Waals surface area (Å²) in [4.78, 5) is 3.93. The summed E-state index contributed by atoms with van der Waals surface area (Å²) in [5.41, 5.74) is 0. The molecule has 0 aromatic carbocycles. The quantitative estimate of drug-likeness (QED) is 0.433. The lowest BCUT2D eigenvalue weighted by atomic mass is 10.5. The number of hydrogen-bond donors (Lipinski definition) is 0. The smallest absolute Gasteiger partial charge is 0.132 e. The van der Waals surface area contributed by atoms with Crippen molar-refractivity contribution in [2.75, 3.05) is 7.11 Å². The largest absolute Gasteiger partial charge is 0.495 e. The van der Waals surface area contributed by atoms with Gasteiger partial charge in [0.25, 0.3) is 0 Å². The van der Waals surface area contributed by atoms with Crippen LogP contribution in [-0.4, -0.2) is 13.3 Å². The van der Waals surface area contributed by atoms with Crippen LogP contribution in [0, 0.1) is 0 Å². The highest BCUT2D eigenvalue weighted by Gasteiger charge is 1.82. The molecule has 0 radical (unpaired) electrons. The van der Waals surface area contributed by atoms with Crippen molar-refractivity contribution in [2.45, 2.75) is 13.8 Å². The maximum absolute atomic E-state index is 4.92. The van der Waals surface area contributed by atoms with Crippen LogP contribution in [0.4, 0.5) is 0 Å². The predicted octanol–water partition coefficient (Wildman–Crippen LogP) is 2.14. The summed E-state index contributed by atoms with van der Waals surface area (Å²) in [6.45, 7) is 3.82. The molecule has 0 aromatic rings. The number of hydrogen-bond acceptors (Lipinski definition) is 2. The van der Waals surface area contributed by atoms with Gasteiger partial charge in [0.05, 0.1) is 13.3 Å². The molecule has 2 heteroatoms. The Hall–Kier alpha value is -1.05. The van der Waals surface area contributed by atoms with Gasteiger partial charge in [0.1, 0.15) is 5.76 Å². The van der Waals surface area contributed by atoms with Crippen LogP contribution in [0.2, 0.25) is 0 Å². The van der Waals surface area contributed by atoms with Gasteiger partial charge in [-0.2, -0.15) is 0 Å². The SMILES string of the molecule is C\C=C/N=C\C(=C/C)OC. The number of ether oxygens (including phenoxy) is 1. The molecule has 0 amide bonds. The van der Waals surface area contributed by atoms with Crippen molar-refractivity contribution in [1.82, 2.24) is 0 Å². The second-order valence-electron chi connectivity index (χ2n) is 1.66. The highest BCUT2D eigenvalue weighted by molar-refractivity contribution is 5.76. The van der Waals surface area contributed by atoms with E-state index in [1.165, 1.54) is 0 Å². The lowest BCUT2D eigenvalue weighted by molar-refractivity contribution is 0.316. The Bertz CT molecular complexity index is 157. The van der Waals surface area contributed by atoms with Gasteiger partial charge in [-0.3, -0.25) is 4.99 Å². The minimum Gasteiger partial charge on any atom is -0.495 e. The van der Waals surface area contributed by atoms with E-state index >= 15 is 0 Å². The summed E-state index contributed by atoms with van der Waals surface area (Å²) in [7, 11) is 1.62. The van der Waals surface area contributed by atoms with Crippen molar-refractivity contribution in [3.05, 3.63) is 24.1 Å². The van der Waals surface area contributed by atoms with Crippen molar-refractivity contribution in [1.29, 1.82) is 0 Å². The van der Waals surface area contributed by atoms with Crippen LogP contribution in [0.25, 0.3) is 0 Å². The molecule has 0 N–H and O–H groups in total. The molecule has 0 aromatic heterocycles. The number of allylic oxidation sites excluding steroid dienone is 3. The van der Waals surface area contributed by atoms with Crippen molar-refractivity contribution < 1.29 is 4.74 Å². The summed E-state index contributed by atoms with van der Waals surface area (Å²) < 4.78 is 4.92. The van der Waals surface area contributed by atoms with Gasteiger partial charge in [-0.1, -0.05) is 6.08 Å². The molecule has 0 rings (SSSR count). The monoisotopic (exact) mass is 139 g/mol. The molecule has 10 heavy (non-hydrogen) atoms. The summed E-state index contributed by atoms with van der Waals surface area (Å²) in [6, 6.07) is 0. The number of rotatable bonds is 3. The van der Waals surface area contributed by atoms with E-state index in [0.29, 0.717) is 0 Å². The van der Waals surface area contributed by atoms with Crippen LogP contribution in [0.15, 0.2) is 29.1 Å². The average Bonchev–Trinajstić information content (AvgIpc) is 1.99. The molecule has 2 nitrogen and oxygen atoms in total. The molecule has 0 atom stereocenters. The molecule has 0 saturated carbocycles. The molecule has 0 fully saturated rings. The molecule has 0 aliphatic rings. The number of methoxy groups -OCH3 is 1. The van der Waals surface area contributed by atoms with Crippen molar-refractivity contribution >= 4 is 6.21 Å². The maximum atomic E-state index is 4.92. The molecule has 0 bridgehead atoms. The molecule has 0 unspecified atom stereocenters. The van der Waals surface area contributed by atoms with Crippen LogP contribution in [0.3, 0.4) is 0 Å². The normalized spacial score (nSPS) is 13.3. The summed E-state index contributed by atoms with van der Waals surface area (Å²) in [6.07, 6.45) is 7.09. The zero-order valence-corrected chi connectivity index (χ0v) is 6.66. The van der Waals surface area contributed by atoms with E-state index in [4.69, 9.17) is 4.74 Å². The van der Waals surface area contributed by atoms with E-state index in [2.05, 4.69) is 4.99 Å². The van der Waals surface area contributed by atoms with Crippen LogP contribution < -0.4 is 0 Å². The molecular weight excluding hydrogens is 126 g/mol. The molecule has 0 aliphatic carbocycles. The average molecular weight is 139 g/mol. The lowest BCUT2D eigenvalue weighted by Gasteiger charge is -1.94. The molecule has 0 heterocycles. The molecule has 0 aliphatic heterocycles. The lowest BCUT2D eigenvalue weighted by Crippen LogP contribution is -1.85. The first-order chi connectivity index (χ1) is 4.85. The Labute approximate surface area is 61.9 Å². The van der Waals surface area contributed by atoms with Gasteiger partial charge in [-0.25, -0.2) is 0 Å². The van der Waals surface area contributed by atoms with Gasteiger partial charge < -0.3 is 4.74 Å². The zero-order chi connectivity index (χ0) is 7.82. The van der Waals surface area contributed by atoms with Gasteiger partial charge in [-0.05, 0) is 19.9 Å². The molecular formula is C8H13NO. The first-order valence-corrected chi connectivity index (χ1v) is 3.19. The van der Waals surface area contributed by atoms with Gasteiger partial charge in [0.15, 0.2) is 0 Å². The zero-order valence-electron chi connectivity index (χ0n) is 6.66. The minimum absolute atomic E-state index is 0.776. The Morgan fingerprint density at radius 1 is 1.40 bits per heavy atom. The van der Waals surface area contributed by atoms with E-state index < -0.39 is 0 Å². The Morgan fingerprint density at radius 3 is 2.50 bits per heavy atom. The van der Waals surface area contributed by atoms with E-state index in [1.807, 2.05) is 26.0 Å². The van der Waals surface area contributed by atoms with Gasteiger partial charge in [-0.15, -0.1) is 0 Å². The van der Waals surface area contributed by atoms with Crippen LogP contribution in [0.5, 0.6) is 0 Å². The summed E-state index contributed by atoms with van der Waals surface area (Å²) in [5, 5.41) is 0. The fourth-order valence-corrected chi connectivity index (χ4v) is 0.448. The first kappa shape index (κ1) is 8.95. The van der Waals surface area contributed by atoms with E-state index in [-0.39, 0.29) is 0 Å². The van der Waals surface area contributed by atoms with E-state index in [0.717, 1.165) is 5.76 Å². The molecule has 0 spiro atoms. The molecule has 0 saturated heterocycles. The van der Waals surface area contributed by atoms with Gasteiger partial charge >= 0.3 is 0 Å². The summed E-state index contributed by atoms with van der Waals surface area (Å²) in [5.74, 6) is 0.776. The van der Waals surface area contributed by atoms with Gasteiger partial charge in [0, 0.05) is 6.20 Å². The number of nitrogens with zero attached hydrogens (tertiary/aromatic N) is 1. The van der Waals surface area contributed by atoms with Crippen LogP contribution in [-0.2, 0) is 4.74 Å². The van der Waals surface area contributed by atoms with Crippen molar-refractivity contribution in [2.24, 2.45) is 4.99 Å². The molecule has 56 valence electrons. The predicted molar refractivity (Wildman–Crippen MR) is 44.1 cm³/mol. The summed E-state index contributed by atoms with van der Waals surface area (Å²) >= 11 is 0.